The van der Waals surface area contributed by atoms with Crippen molar-refractivity contribution in [2.75, 3.05) is 10.8 Å². The molecular formula is C18H15N3O5S. The van der Waals surface area contributed by atoms with Crippen molar-refractivity contribution in [3.8, 4) is 0 Å². The van der Waals surface area contributed by atoms with E-state index in [1.807, 2.05) is 0 Å². The molecule has 0 fully saturated rings. The van der Waals surface area contributed by atoms with Crippen LogP contribution in [0.3, 0.4) is 0 Å². The van der Waals surface area contributed by atoms with Crippen LogP contribution in [-0.4, -0.2) is 25.8 Å². The zero-order chi connectivity index (χ0) is 19.6. The Morgan fingerprint density at radius 1 is 1.04 bits per heavy atom. The molecule has 3 aromatic carbocycles. The van der Waals surface area contributed by atoms with E-state index in [2.05, 4.69) is 0 Å². The number of primary amides is 1. The first kappa shape index (κ1) is 18.3. The van der Waals surface area contributed by atoms with E-state index in [1.54, 1.807) is 42.5 Å². The molecule has 3 aromatic rings. The fraction of sp³-hybridized carbons (Fsp3) is 0.0556. The van der Waals surface area contributed by atoms with Crippen LogP contribution in [0.2, 0.25) is 0 Å². The number of nitro groups is 1. The summed E-state index contributed by atoms with van der Waals surface area (Å²) >= 11 is 0. The number of carbonyl (C=O) groups excluding carboxylic acids is 1. The maximum absolute atomic E-state index is 13.2. The predicted molar refractivity (Wildman–Crippen MR) is 101 cm³/mol. The number of benzene rings is 3. The first-order valence-electron chi connectivity index (χ1n) is 7.84. The Morgan fingerprint density at radius 3 is 2.41 bits per heavy atom. The van der Waals surface area contributed by atoms with Crippen molar-refractivity contribution < 1.29 is 18.1 Å². The van der Waals surface area contributed by atoms with Gasteiger partial charge in [0.05, 0.1) is 15.5 Å². The van der Waals surface area contributed by atoms with Gasteiger partial charge in [-0.15, -0.1) is 0 Å². The summed E-state index contributed by atoms with van der Waals surface area (Å²) in [4.78, 5) is 21.6. The Kier molecular flexibility index (Phi) is 4.78. The van der Waals surface area contributed by atoms with E-state index in [0.29, 0.717) is 5.39 Å². The molecule has 0 spiro atoms. The van der Waals surface area contributed by atoms with Gasteiger partial charge in [-0.2, -0.15) is 0 Å². The molecule has 138 valence electrons. The lowest BCUT2D eigenvalue weighted by molar-refractivity contribution is -0.385. The first-order chi connectivity index (χ1) is 12.8. The number of carbonyl (C=O) groups is 1. The molecular weight excluding hydrogens is 370 g/mol. The second kappa shape index (κ2) is 7.04. The second-order valence-electron chi connectivity index (χ2n) is 5.73. The van der Waals surface area contributed by atoms with Gasteiger partial charge in [0.1, 0.15) is 6.54 Å². The van der Waals surface area contributed by atoms with Crippen molar-refractivity contribution in [3.63, 3.8) is 0 Å². The van der Waals surface area contributed by atoms with Crippen LogP contribution in [0, 0.1) is 10.1 Å². The summed E-state index contributed by atoms with van der Waals surface area (Å²) in [5, 5.41) is 12.4. The molecule has 0 aliphatic heterocycles. The van der Waals surface area contributed by atoms with E-state index in [-0.39, 0.29) is 16.3 Å². The van der Waals surface area contributed by atoms with Gasteiger partial charge in [0.25, 0.3) is 15.7 Å². The third kappa shape index (κ3) is 3.58. The summed E-state index contributed by atoms with van der Waals surface area (Å²) in [6.45, 7) is -0.598. The van der Waals surface area contributed by atoms with Crippen molar-refractivity contribution in [2.24, 2.45) is 5.73 Å². The lowest BCUT2D eigenvalue weighted by atomic mass is 10.1. The highest BCUT2D eigenvalue weighted by molar-refractivity contribution is 7.92. The van der Waals surface area contributed by atoms with Crippen LogP contribution in [0.25, 0.3) is 10.8 Å². The van der Waals surface area contributed by atoms with E-state index in [1.165, 1.54) is 18.2 Å². The van der Waals surface area contributed by atoms with Crippen molar-refractivity contribution >= 4 is 38.1 Å². The third-order valence-corrected chi connectivity index (χ3v) is 5.71. The van der Waals surface area contributed by atoms with Crippen LogP contribution < -0.4 is 10.0 Å². The van der Waals surface area contributed by atoms with Gasteiger partial charge >= 0.3 is 0 Å². The monoisotopic (exact) mass is 385 g/mol. The second-order valence-corrected chi connectivity index (χ2v) is 7.59. The number of anilines is 1. The minimum Gasteiger partial charge on any atom is -0.368 e. The van der Waals surface area contributed by atoms with Crippen molar-refractivity contribution in [2.45, 2.75) is 4.90 Å². The first-order valence-corrected chi connectivity index (χ1v) is 9.28. The average Bonchev–Trinajstić information content (AvgIpc) is 2.65. The molecule has 3 rings (SSSR count). The van der Waals surface area contributed by atoms with Crippen LogP contribution in [0.4, 0.5) is 11.4 Å². The molecule has 0 radical (unpaired) electrons. The fourth-order valence-corrected chi connectivity index (χ4v) is 4.24. The highest BCUT2D eigenvalue weighted by atomic mass is 32.2. The summed E-state index contributed by atoms with van der Waals surface area (Å²) in [5.74, 6) is -0.850. The van der Waals surface area contributed by atoms with Gasteiger partial charge in [-0.05, 0) is 17.5 Å². The molecule has 2 N–H and O–H groups in total. The number of sulfonamides is 1. The van der Waals surface area contributed by atoms with Crippen LogP contribution in [0.5, 0.6) is 0 Å². The Balaban J connectivity index is 2.21. The number of nitro benzene ring substituents is 1. The van der Waals surface area contributed by atoms with Gasteiger partial charge < -0.3 is 5.73 Å². The van der Waals surface area contributed by atoms with Gasteiger partial charge in [0.15, 0.2) is 0 Å². The summed E-state index contributed by atoms with van der Waals surface area (Å²) < 4.78 is 27.2. The lowest BCUT2D eigenvalue weighted by Crippen LogP contribution is -2.38. The highest BCUT2D eigenvalue weighted by Crippen LogP contribution is 2.31. The molecule has 0 heterocycles. The number of non-ortho nitro benzene ring substituents is 1. The largest absolute Gasteiger partial charge is 0.368 e. The Labute approximate surface area is 155 Å². The molecule has 0 aliphatic rings. The highest BCUT2D eigenvalue weighted by Gasteiger charge is 2.29. The molecule has 0 aromatic heterocycles. The Hall–Kier alpha value is -3.46. The zero-order valence-corrected chi connectivity index (χ0v) is 14.8. The van der Waals surface area contributed by atoms with E-state index in [9.17, 15) is 23.3 Å². The van der Waals surface area contributed by atoms with Crippen molar-refractivity contribution in [1.82, 2.24) is 0 Å². The molecule has 8 nitrogen and oxygen atoms in total. The number of nitrogens with two attached hydrogens (primary N) is 1. The third-order valence-electron chi connectivity index (χ3n) is 3.95. The van der Waals surface area contributed by atoms with E-state index in [0.717, 1.165) is 15.8 Å². The normalized spacial score (nSPS) is 11.3. The van der Waals surface area contributed by atoms with Gasteiger partial charge in [-0.25, -0.2) is 8.42 Å². The molecule has 0 saturated heterocycles. The lowest BCUT2D eigenvalue weighted by Gasteiger charge is -2.24. The van der Waals surface area contributed by atoms with Gasteiger partial charge in [0, 0.05) is 17.5 Å². The molecule has 0 aliphatic carbocycles. The SMILES string of the molecule is NC(=O)CN(c1cccc2ccccc12)S(=O)(=O)c1cccc([N+](=O)[O-])c1. The van der Waals surface area contributed by atoms with Gasteiger partial charge in [-0.1, -0.05) is 42.5 Å². The summed E-state index contributed by atoms with van der Waals surface area (Å²) in [6, 6.07) is 16.8. The van der Waals surface area contributed by atoms with Crippen molar-refractivity contribution in [3.05, 3.63) is 76.8 Å². The fourth-order valence-electron chi connectivity index (χ4n) is 2.75. The van der Waals surface area contributed by atoms with Crippen molar-refractivity contribution in [1.29, 1.82) is 0 Å². The summed E-state index contributed by atoms with van der Waals surface area (Å²) in [5.41, 5.74) is 5.17. The molecule has 0 atom stereocenters. The topological polar surface area (TPSA) is 124 Å². The molecule has 0 saturated carbocycles. The number of nitrogens with zero attached hydrogens (tertiary/aromatic N) is 2. The number of rotatable bonds is 6. The number of hydrogen-bond donors (Lipinski definition) is 1. The average molecular weight is 385 g/mol. The van der Waals surface area contributed by atoms with Gasteiger partial charge in [0.2, 0.25) is 5.91 Å². The molecule has 0 bridgehead atoms. The molecule has 0 unspecified atom stereocenters. The van der Waals surface area contributed by atoms with Crippen LogP contribution in [0.15, 0.2) is 71.6 Å². The minimum absolute atomic E-state index is 0.262. The number of fused-ring (bicyclic) bond motifs is 1. The minimum atomic E-state index is -4.27. The Bertz CT molecular complexity index is 1140. The number of hydrogen-bond acceptors (Lipinski definition) is 5. The molecule has 27 heavy (non-hydrogen) atoms. The van der Waals surface area contributed by atoms with Crippen LogP contribution in [0.1, 0.15) is 0 Å². The summed E-state index contributed by atoms with van der Waals surface area (Å²) in [6.07, 6.45) is 0. The van der Waals surface area contributed by atoms with E-state index in [4.69, 9.17) is 5.73 Å². The van der Waals surface area contributed by atoms with E-state index >= 15 is 0 Å². The Morgan fingerprint density at radius 2 is 1.70 bits per heavy atom. The quantitative estimate of drug-likeness (QED) is 0.515. The maximum atomic E-state index is 13.2. The van der Waals surface area contributed by atoms with Crippen LogP contribution >= 0.6 is 0 Å². The van der Waals surface area contributed by atoms with Gasteiger partial charge in [-0.3, -0.25) is 19.2 Å². The maximum Gasteiger partial charge on any atom is 0.270 e. The standard InChI is InChI=1S/C18H15N3O5S/c19-18(22)12-20(17-10-3-6-13-5-1-2-9-16(13)17)27(25,26)15-8-4-7-14(11-15)21(23)24/h1-11H,12H2,(H2,19,22). The predicted octanol–water partition coefficient (Wildman–Crippen LogP) is 2.43. The molecule has 1 amide bonds. The van der Waals surface area contributed by atoms with Crippen LogP contribution in [-0.2, 0) is 14.8 Å². The zero-order valence-electron chi connectivity index (χ0n) is 14.0. The summed E-state index contributed by atoms with van der Waals surface area (Å²) in [7, 11) is -4.27. The number of amides is 1. The smallest absolute Gasteiger partial charge is 0.270 e. The van der Waals surface area contributed by atoms with E-state index < -0.39 is 27.4 Å². The molecule has 9 heteroatoms.